The standard InChI is InChI=1S/C13H17N3O/c1-3-4-5-13(17)16-10-6-7-11-12(8-10)15-9(2)14-11/h6-8H,3-5H2,1-2H3,(H,14,15)(H,16,17). The fourth-order valence-corrected chi connectivity index (χ4v) is 1.78. The molecule has 90 valence electrons. The Hall–Kier alpha value is -1.84. The van der Waals surface area contributed by atoms with Gasteiger partial charge in [0.1, 0.15) is 5.82 Å². The molecule has 0 aliphatic carbocycles. The number of hydrogen-bond donors (Lipinski definition) is 2. The van der Waals surface area contributed by atoms with Crippen LogP contribution in [0, 0.1) is 6.92 Å². The molecule has 1 amide bonds. The van der Waals surface area contributed by atoms with E-state index in [1.54, 1.807) is 0 Å². The molecule has 0 unspecified atom stereocenters. The van der Waals surface area contributed by atoms with E-state index in [0.717, 1.165) is 35.4 Å². The Kier molecular flexibility index (Phi) is 3.42. The lowest BCUT2D eigenvalue weighted by molar-refractivity contribution is -0.116. The Balaban J connectivity index is 2.10. The summed E-state index contributed by atoms with van der Waals surface area (Å²) in [6.07, 6.45) is 2.54. The maximum Gasteiger partial charge on any atom is 0.224 e. The van der Waals surface area contributed by atoms with Crippen molar-refractivity contribution in [1.82, 2.24) is 9.97 Å². The fraction of sp³-hybridized carbons (Fsp3) is 0.385. The topological polar surface area (TPSA) is 57.8 Å². The molecular formula is C13H17N3O. The van der Waals surface area contributed by atoms with E-state index in [9.17, 15) is 4.79 Å². The lowest BCUT2D eigenvalue weighted by Crippen LogP contribution is -2.10. The van der Waals surface area contributed by atoms with Crippen LogP contribution < -0.4 is 5.32 Å². The fourth-order valence-electron chi connectivity index (χ4n) is 1.78. The van der Waals surface area contributed by atoms with Gasteiger partial charge in [-0.25, -0.2) is 4.98 Å². The number of fused-ring (bicyclic) bond motifs is 1. The number of rotatable bonds is 4. The van der Waals surface area contributed by atoms with Crippen molar-refractivity contribution >= 4 is 22.6 Å². The number of carbonyl (C=O) groups is 1. The summed E-state index contributed by atoms with van der Waals surface area (Å²) in [5.74, 6) is 0.955. The molecule has 0 saturated heterocycles. The monoisotopic (exact) mass is 231 g/mol. The molecule has 2 rings (SSSR count). The van der Waals surface area contributed by atoms with E-state index in [4.69, 9.17) is 0 Å². The Bertz CT molecular complexity index is 530. The molecule has 1 aromatic heterocycles. The molecular weight excluding hydrogens is 214 g/mol. The van der Waals surface area contributed by atoms with Gasteiger partial charge in [0.2, 0.25) is 5.91 Å². The van der Waals surface area contributed by atoms with Gasteiger partial charge in [0.05, 0.1) is 11.0 Å². The summed E-state index contributed by atoms with van der Waals surface area (Å²) >= 11 is 0. The number of aryl methyl sites for hydroxylation is 1. The van der Waals surface area contributed by atoms with Crippen LogP contribution in [0.2, 0.25) is 0 Å². The molecule has 0 spiro atoms. The number of aromatic nitrogens is 2. The van der Waals surface area contributed by atoms with Crippen molar-refractivity contribution < 1.29 is 4.79 Å². The van der Waals surface area contributed by atoms with Crippen LogP contribution in [0.3, 0.4) is 0 Å². The predicted octanol–water partition coefficient (Wildman–Crippen LogP) is 3.00. The first kappa shape index (κ1) is 11.6. The number of nitrogens with zero attached hydrogens (tertiary/aromatic N) is 1. The quantitative estimate of drug-likeness (QED) is 0.849. The Labute approximate surface area is 100 Å². The summed E-state index contributed by atoms with van der Waals surface area (Å²) < 4.78 is 0. The van der Waals surface area contributed by atoms with Gasteiger partial charge in [0, 0.05) is 12.1 Å². The van der Waals surface area contributed by atoms with Crippen molar-refractivity contribution in [3.05, 3.63) is 24.0 Å². The van der Waals surface area contributed by atoms with Gasteiger partial charge in [0.25, 0.3) is 0 Å². The van der Waals surface area contributed by atoms with Crippen LogP contribution in [-0.2, 0) is 4.79 Å². The van der Waals surface area contributed by atoms with Crippen LogP contribution in [0.4, 0.5) is 5.69 Å². The van der Waals surface area contributed by atoms with Crippen molar-refractivity contribution in [2.45, 2.75) is 33.1 Å². The van der Waals surface area contributed by atoms with Crippen LogP contribution in [0.1, 0.15) is 32.0 Å². The second-order valence-electron chi connectivity index (χ2n) is 4.21. The highest BCUT2D eigenvalue weighted by Crippen LogP contribution is 2.17. The van der Waals surface area contributed by atoms with Gasteiger partial charge in [-0.15, -0.1) is 0 Å². The summed E-state index contributed by atoms with van der Waals surface area (Å²) in [6, 6.07) is 5.71. The highest BCUT2D eigenvalue weighted by molar-refractivity contribution is 5.92. The molecule has 0 bridgehead atoms. The number of unbranched alkanes of at least 4 members (excludes halogenated alkanes) is 1. The molecule has 0 aliphatic heterocycles. The number of anilines is 1. The van der Waals surface area contributed by atoms with E-state index in [-0.39, 0.29) is 5.91 Å². The number of nitrogens with one attached hydrogen (secondary N) is 2. The highest BCUT2D eigenvalue weighted by Gasteiger charge is 2.04. The number of imidazole rings is 1. The summed E-state index contributed by atoms with van der Waals surface area (Å²) in [5.41, 5.74) is 2.70. The van der Waals surface area contributed by atoms with Gasteiger partial charge in [0.15, 0.2) is 0 Å². The second kappa shape index (κ2) is 4.99. The van der Waals surface area contributed by atoms with Gasteiger partial charge in [-0.2, -0.15) is 0 Å². The smallest absolute Gasteiger partial charge is 0.224 e. The first-order valence-corrected chi connectivity index (χ1v) is 5.95. The lowest BCUT2D eigenvalue weighted by Gasteiger charge is -2.04. The number of aromatic amines is 1. The number of carbonyl (C=O) groups excluding carboxylic acids is 1. The van der Waals surface area contributed by atoms with Gasteiger partial charge in [-0.3, -0.25) is 4.79 Å². The van der Waals surface area contributed by atoms with Gasteiger partial charge < -0.3 is 10.3 Å². The molecule has 2 aromatic rings. The SMILES string of the molecule is CCCCC(=O)Nc1ccc2nc(C)[nH]c2c1. The number of benzene rings is 1. The zero-order chi connectivity index (χ0) is 12.3. The molecule has 17 heavy (non-hydrogen) atoms. The maximum absolute atomic E-state index is 11.6. The summed E-state index contributed by atoms with van der Waals surface area (Å²) in [6.45, 7) is 3.99. The largest absolute Gasteiger partial charge is 0.342 e. The van der Waals surface area contributed by atoms with E-state index < -0.39 is 0 Å². The predicted molar refractivity (Wildman–Crippen MR) is 69.0 cm³/mol. The van der Waals surface area contributed by atoms with Crippen LogP contribution in [-0.4, -0.2) is 15.9 Å². The normalized spacial score (nSPS) is 10.7. The minimum absolute atomic E-state index is 0.0717. The Morgan fingerprint density at radius 1 is 1.47 bits per heavy atom. The lowest BCUT2D eigenvalue weighted by atomic mass is 10.2. The van der Waals surface area contributed by atoms with E-state index in [1.807, 2.05) is 25.1 Å². The van der Waals surface area contributed by atoms with Crippen molar-refractivity contribution in [3.63, 3.8) is 0 Å². The second-order valence-corrected chi connectivity index (χ2v) is 4.21. The van der Waals surface area contributed by atoms with Crippen molar-refractivity contribution in [3.8, 4) is 0 Å². The third-order valence-electron chi connectivity index (χ3n) is 2.64. The molecule has 1 aromatic carbocycles. The van der Waals surface area contributed by atoms with E-state index in [1.165, 1.54) is 0 Å². The minimum Gasteiger partial charge on any atom is -0.342 e. The molecule has 0 atom stereocenters. The molecule has 1 heterocycles. The minimum atomic E-state index is 0.0717. The summed E-state index contributed by atoms with van der Waals surface area (Å²) in [7, 11) is 0. The molecule has 0 saturated carbocycles. The third-order valence-corrected chi connectivity index (χ3v) is 2.64. The molecule has 0 fully saturated rings. The van der Waals surface area contributed by atoms with Crippen LogP contribution in [0.25, 0.3) is 11.0 Å². The van der Waals surface area contributed by atoms with E-state index in [2.05, 4.69) is 22.2 Å². The van der Waals surface area contributed by atoms with E-state index in [0.29, 0.717) is 6.42 Å². The molecule has 2 N–H and O–H groups in total. The van der Waals surface area contributed by atoms with E-state index >= 15 is 0 Å². The average Bonchev–Trinajstić information content (AvgIpc) is 2.65. The molecule has 0 radical (unpaired) electrons. The molecule has 4 nitrogen and oxygen atoms in total. The Morgan fingerprint density at radius 3 is 3.06 bits per heavy atom. The number of H-pyrrole nitrogens is 1. The summed E-state index contributed by atoms with van der Waals surface area (Å²) in [5, 5.41) is 2.89. The van der Waals surface area contributed by atoms with Crippen LogP contribution in [0.15, 0.2) is 18.2 Å². The van der Waals surface area contributed by atoms with Crippen molar-refractivity contribution in [2.24, 2.45) is 0 Å². The summed E-state index contributed by atoms with van der Waals surface area (Å²) in [4.78, 5) is 19.0. The average molecular weight is 231 g/mol. The first-order chi connectivity index (χ1) is 8.19. The third kappa shape index (κ3) is 2.84. The van der Waals surface area contributed by atoms with Crippen LogP contribution >= 0.6 is 0 Å². The number of amides is 1. The molecule has 4 heteroatoms. The first-order valence-electron chi connectivity index (χ1n) is 5.95. The maximum atomic E-state index is 11.6. The van der Waals surface area contributed by atoms with Crippen molar-refractivity contribution in [1.29, 1.82) is 0 Å². The van der Waals surface area contributed by atoms with Gasteiger partial charge >= 0.3 is 0 Å². The Morgan fingerprint density at radius 2 is 2.29 bits per heavy atom. The molecule has 0 aliphatic rings. The zero-order valence-electron chi connectivity index (χ0n) is 10.2. The number of hydrogen-bond acceptors (Lipinski definition) is 2. The van der Waals surface area contributed by atoms with Crippen LogP contribution in [0.5, 0.6) is 0 Å². The van der Waals surface area contributed by atoms with Crippen molar-refractivity contribution in [2.75, 3.05) is 5.32 Å². The van der Waals surface area contributed by atoms with Gasteiger partial charge in [-0.05, 0) is 31.5 Å². The zero-order valence-corrected chi connectivity index (χ0v) is 10.2. The highest BCUT2D eigenvalue weighted by atomic mass is 16.1. The van der Waals surface area contributed by atoms with Gasteiger partial charge in [-0.1, -0.05) is 13.3 Å².